The van der Waals surface area contributed by atoms with Crippen molar-refractivity contribution >= 4 is 10.0 Å². The highest BCUT2D eigenvalue weighted by Gasteiger charge is 2.41. The first-order valence-electron chi connectivity index (χ1n) is 5.57. The van der Waals surface area contributed by atoms with Gasteiger partial charge >= 0.3 is 0 Å². The molecular weight excluding hydrogens is 233 g/mol. The SMILES string of the molecule is CC(C)(O)C1CCCN1S(=O)(=O)CCCF. The molecule has 0 spiro atoms. The highest BCUT2D eigenvalue weighted by molar-refractivity contribution is 7.89. The summed E-state index contributed by atoms with van der Waals surface area (Å²) in [6, 6.07) is -0.378. The van der Waals surface area contributed by atoms with Crippen molar-refractivity contribution in [3.05, 3.63) is 0 Å². The van der Waals surface area contributed by atoms with Crippen LogP contribution in [-0.2, 0) is 10.0 Å². The van der Waals surface area contributed by atoms with Crippen LogP contribution in [0.5, 0.6) is 0 Å². The van der Waals surface area contributed by atoms with E-state index in [4.69, 9.17) is 0 Å². The number of halogens is 1. The molecule has 1 atom stereocenters. The number of aliphatic hydroxyl groups is 1. The van der Waals surface area contributed by atoms with E-state index in [0.29, 0.717) is 13.0 Å². The fourth-order valence-electron chi connectivity index (χ4n) is 2.13. The maximum absolute atomic E-state index is 12.0. The fraction of sp³-hybridized carbons (Fsp3) is 1.00. The molecule has 0 bridgehead atoms. The largest absolute Gasteiger partial charge is 0.389 e. The molecule has 0 aromatic carbocycles. The minimum Gasteiger partial charge on any atom is -0.389 e. The summed E-state index contributed by atoms with van der Waals surface area (Å²) in [5, 5.41) is 9.90. The lowest BCUT2D eigenvalue weighted by molar-refractivity contribution is 0.0215. The Morgan fingerprint density at radius 3 is 2.62 bits per heavy atom. The molecule has 1 unspecified atom stereocenters. The number of sulfonamides is 1. The van der Waals surface area contributed by atoms with Gasteiger partial charge in [-0.25, -0.2) is 8.42 Å². The minimum absolute atomic E-state index is 0.0252. The molecule has 1 N–H and O–H groups in total. The molecule has 1 aliphatic rings. The van der Waals surface area contributed by atoms with E-state index < -0.39 is 22.3 Å². The summed E-state index contributed by atoms with van der Waals surface area (Å²) in [7, 11) is -3.42. The summed E-state index contributed by atoms with van der Waals surface area (Å²) >= 11 is 0. The summed E-state index contributed by atoms with van der Waals surface area (Å²) in [5.74, 6) is -0.171. The zero-order chi connectivity index (χ0) is 12.4. The Morgan fingerprint density at radius 1 is 1.50 bits per heavy atom. The Labute approximate surface area is 96.5 Å². The van der Waals surface area contributed by atoms with E-state index in [1.165, 1.54) is 4.31 Å². The van der Waals surface area contributed by atoms with Crippen LogP contribution < -0.4 is 0 Å². The predicted molar refractivity (Wildman–Crippen MR) is 60.4 cm³/mol. The molecule has 0 radical (unpaired) electrons. The van der Waals surface area contributed by atoms with Gasteiger partial charge in [0.1, 0.15) is 0 Å². The molecule has 4 nitrogen and oxygen atoms in total. The van der Waals surface area contributed by atoms with Gasteiger partial charge in [0.05, 0.1) is 24.1 Å². The molecule has 16 heavy (non-hydrogen) atoms. The lowest BCUT2D eigenvalue weighted by atomic mass is 9.98. The van der Waals surface area contributed by atoms with Crippen LogP contribution in [0.25, 0.3) is 0 Å². The van der Waals surface area contributed by atoms with Gasteiger partial charge in [0.25, 0.3) is 0 Å². The average molecular weight is 253 g/mol. The van der Waals surface area contributed by atoms with Gasteiger partial charge < -0.3 is 5.11 Å². The molecule has 0 saturated carbocycles. The van der Waals surface area contributed by atoms with E-state index in [2.05, 4.69) is 0 Å². The summed E-state index contributed by atoms with van der Waals surface area (Å²) in [6.07, 6.45) is 1.44. The smallest absolute Gasteiger partial charge is 0.214 e. The van der Waals surface area contributed by atoms with Crippen molar-refractivity contribution < 1.29 is 17.9 Å². The van der Waals surface area contributed by atoms with Gasteiger partial charge in [-0.2, -0.15) is 4.31 Å². The van der Waals surface area contributed by atoms with Gasteiger partial charge in [-0.3, -0.25) is 4.39 Å². The van der Waals surface area contributed by atoms with Crippen molar-refractivity contribution in [1.29, 1.82) is 0 Å². The van der Waals surface area contributed by atoms with E-state index in [1.807, 2.05) is 0 Å². The van der Waals surface area contributed by atoms with Crippen LogP contribution in [0, 0.1) is 0 Å². The number of nitrogens with zero attached hydrogens (tertiary/aromatic N) is 1. The van der Waals surface area contributed by atoms with Crippen LogP contribution in [0.3, 0.4) is 0 Å². The molecule has 0 aromatic heterocycles. The van der Waals surface area contributed by atoms with Crippen molar-refractivity contribution in [2.45, 2.75) is 44.8 Å². The molecule has 0 aromatic rings. The van der Waals surface area contributed by atoms with E-state index in [9.17, 15) is 17.9 Å². The minimum atomic E-state index is -3.42. The molecular formula is C10H20FNO3S. The van der Waals surface area contributed by atoms with Crippen LogP contribution >= 0.6 is 0 Å². The predicted octanol–water partition coefficient (Wildman–Crippen LogP) is 0.911. The maximum atomic E-state index is 12.0. The Bertz CT molecular complexity index is 323. The molecule has 0 amide bonds. The number of hydrogen-bond acceptors (Lipinski definition) is 3. The Balaban J connectivity index is 2.79. The van der Waals surface area contributed by atoms with E-state index in [1.54, 1.807) is 13.8 Å². The van der Waals surface area contributed by atoms with Gasteiger partial charge in [-0.15, -0.1) is 0 Å². The van der Waals surface area contributed by atoms with Crippen molar-refractivity contribution in [3.63, 3.8) is 0 Å². The number of hydrogen-bond donors (Lipinski definition) is 1. The third kappa shape index (κ3) is 3.15. The van der Waals surface area contributed by atoms with E-state index >= 15 is 0 Å². The first kappa shape index (κ1) is 13.9. The first-order valence-corrected chi connectivity index (χ1v) is 7.18. The zero-order valence-corrected chi connectivity index (χ0v) is 10.6. The average Bonchev–Trinajstić information content (AvgIpc) is 2.63. The molecule has 96 valence electrons. The molecule has 1 aliphatic heterocycles. The molecule has 1 fully saturated rings. The van der Waals surface area contributed by atoms with Crippen molar-refractivity contribution in [2.75, 3.05) is 19.0 Å². The van der Waals surface area contributed by atoms with Gasteiger partial charge in [0.15, 0.2) is 0 Å². The van der Waals surface area contributed by atoms with E-state index in [-0.39, 0.29) is 18.2 Å². The third-order valence-electron chi connectivity index (χ3n) is 2.91. The molecule has 1 rings (SSSR count). The van der Waals surface area contributed by atoms with Gasteiger partial charge in [0.2, 0.25) is 10.0 Å². The van der Waals surface area contributed by atoms with Gasteiger partial charge in [-0.05, 0) is 33.1 Å². The number of rotatable bonds is 5. The van der Waals surface area contributed by atoms with Crippen molar-refractivity contribution in [3.8, 4) is 0 Å². The molecule has 0 aliphatic carbocycles. The second-order valence-corrected chi connectivity index (χ2v) is 6.82. The first-order chi connectivity index (χ1) is 7.29. The quantitative estimate of drug-likeness (QED) is 0.792. The summed E-state index contributed by atoms with van der Waals surface area (Å²) in [5.41, 5.74) is -1.04. The summed E-state index contributed by atoms with van der Waals surface area (Å²) in [6.45, 7) is 3.03. The molecule has 1 saturated heterocycles. The zero-order valence-electron chi connectivity index (χ0n) is 9.82. The highest BCUT2D eigenvalue weighted by atomic mass is 32.2. The lowest BCUT2D eigenvalue weighted by Crippen LogP contribution is -2.48. The van der Waals surface area contributed by atoms with Crippen LogP contribution in [0.4, 0.5) is 4.39 Å². The standard InChI is InChI=1S/C10H20FNO3S/c1-10(2,13)9-5-3-7-12(9)16(14,15)8-4-6-11/h9,13H,3-8H2,1-2H3. The second-order valence-electron chi connectivity index (χ2n) is 4.78. The second kappa shape index (κ2) is 4.98. The van der Waals surface area contributed by atoms with Crippen LogP contribution in [-0.4, -0.2) is 48.4 Å². The normalized spacial score (nSPS) is 23.9. The van der Waals surface area contributed by atoms with E-state index in [0.717, 1.165) is 6.42 Å². The van der Waals surface area contributed by atoms with Crippen LogP contribution in [0.2, 0.25) is 0 Å². The number of alkyl halides is 1. The molecule has 1 heterocycles. The summed E-state index contributed by atoms with van der Waals surface area (Å²) in [4.78, 5) is 0. The Kier molecular flexibility index (Phi) is 4.31. The topological polar surface area (TPSA) is 57.6 Å². The van der Waals surface area contributed by atoms with Crippen molar-refractivity contribution in [1.82, 2.24) is 4.31 Å². The maximum Gasteiger partial charge on any atom is 0.214 e. The van der Waals surface area contributed by atoms with Crippen LogP contribution in [0.15, 0.2) is 0 Å². The highest BCUT2D eigenvalue weighted by Crippen LogP contribution is 2.29. The monoisotopic (exact) mass is 253 g/mol. The van der Waals surface area contributed by atoms with Crippen LogP contribution in [0.1, 0.15) is 33.1 Å². The van der Waals surface area contributed by atoms with Gasteiger partial charge in [-0.1, -0.05) is 0 Å². The Morgan fingerprint density at radius 2 is 2.12 bits per heavy atom. The molecule has 6 heteroatoms. The summed E-state index contributed by atoms with van der Waals surface area (Å²) < 4.78 is 37.1. The Hall–Kier alpha value is -0.200. The third-order valence-corrected chi connectivity index (χ3v) is 4.87. The van der Waals surface area contributed by atoms with Crippen molar-refractivity contribution in [2.24, 2.45) is 0 Å². The lowest BCUT2D eigenvalue weighted by Gasteiger charge is -2.32. The fourth-order valence-corrected chi connectivity index (χ4v) is 4.00. The van der Waals surface area contributed by atoms with Gasteiger partial charge in [0, 0.05) is 6.54 Å².